The monoisotopic (exact) mass is 320 g/mol. The maximum Gasteiger partial charge on any atom is 0.225 e. The zero-order chi connectivity index (χ0) is 16.5. The highest BCUT2D eigenvalue weighted by molar-refractivity contribution is 5.78. The fourth-order valence-electron chi connectivity index (χ4n) is 2.80. The van der Waals surface area contributed by atoms with Gasteiger partial charge in [0.2, 0.25) is 5.91 Å². The summed E-state index contributed by atoms with van der Waals surface area (Å²) >= 11 is 0. The molecule has 2 rings (SSSR count). The van der Waals surface area contributed by atoms with E-state index in [1.165, 1.54) is 0 Å². The summed E-state index contributed by atoms with van der Waals surface area (Å²) < 4.78 is 11.2. The molecule has 0 aliphatic carbocycles. The molecule has 1 aromatic rings. The number of benzene rings is 1. The Balaban J connectivity index is 1.50. The molecule has 0 radical (unpaired) electrons. The van der Waals surface area contributed by atoms with Crippen LogP contribution in [0.2, 0.25) is 0 Å². The maximum absolute atomic E-state index is 11.9. The van der Waals surface area contributed by atoms with Crippen LogP contribution >= 0.6 is 0 Å². The van der Waals surface area contributed by atoms with Crippen LogP contribution in [0.15, 0.2) is 30.3 Å². The van der Waals surface area contributed by atoms with Crippen molar-refractivity contribution in [2.45, 2.75) is 12.8 Å². The SMILES string of the molecule is CN(C)C(=O)C1CCN(CCOCCOc2ccccc2)CC1. The van der Waals surface area contributed by atoms with Gasteiger partial charge in [-0.2, -0.15) is 0 Å². The molecular weight excluding hydrogens is 292 g/mol. The summed E-state index contributed by atoms with van der Waals surface area (Å²) in [5.41, 5.74) is 0. The first kappa shape index (κ1) is 17.8. The molecule has 1 fully saturated rings. The van der Waals surface area contributed by atoms with Gasteiger partial charge in [-0.25, -0.2) is 0 Å². The lowest BCUT2D eigenvalue weighted by Crippen LogP contribution is -2.41. The minimum absolute atomic E-state index is 0.196. The fraction of sp³-hybridized carbons (Fsp3) is 0.611. The molecule has 1 heterocycles. The van der Waals surface area contributed by atoms with Crippen molar-refractivity contribution in [3.8, 4) is 5.75 Å². The van der Waals surface area contributed by atoms with Gasteiger partial charge in [0.05, 0.1) is 13.2 Å². The highest BCUT2D eigenvalue weighted by Gasteiger charge is 2.25. The second kappa shape index (κ2) is 9.53. The van der Waals surface area contributed by atoms with Gasteiger partial charge in [-0.05, 0) is 38.1 Å². The van der Waals surface area contributed by atoms with Crippen LogP contribution < -0.4 is 4.74 Å². The van der Waals surface area contributed by atoms with E-state index in [-0.39, 0.29) is 11.8 Å². The molecule has 5 heteroatoms. The number of hydrogen-bond acceptors (Lipinski definition) is 4. The third-order valence-electron chi connectivity index (χ3n) is 4.17. The Morgan fingerprint density at radius 1 is 1.13 bits per heavy atom. The predicted molar refractivity (Wildman–Crippen MR) is 90.6 cm³/mol. The summed E-state index contributed by atoms with van der Waals surface area (Å²) in [6.45, 7) is 4.77. The molecule has 1 amide bonds. The number of piperidine rings is 1. The van der Waals surface area contributed by atoms with E-state index in [0.29, 0.717) is 19.8 Å². The van der Waals surface area contributed by atoms with E-state index in [9.17, 15) is 4.79 Å². The Hall–Kier alpha value is -1.59. The van der Waals surface area contributed by atoms with Gasteiger partial charge in [0.15, 0.2) is 0 Å². The van der Waals surface area contributed by atoms with Crippen molar-refractivity contribution in [3.63, 3.8) is 0 Å². The molecule has 0 N–H and O–H groups in total. The minimum atomic E-state index is 0.196. The maximum atomic E-state index is 11.9. The Morgan fingerprint density at radius 2 is 1.83 bits per heavy atom. The van der Waals surface area contributed by atoms with Gasteiger partial charge < -0.3 is 19.3 Å². The first-order chi connectivity index (χ1) is 11.2. The lowest BCUT2D eigenvalue weighted by atomic mass is 9.95. The number of likely N-dealkylation sites (tertiary alicyclic amines) is 1. The summed E-state index contributed by atoms with van der Waals surface area (Å²) in [6, 6.07) is 9.78. The first-order valence-corrected chi connectivity index (χ1v) is 8.36. The molecule has 1 aliphatic heterocycles. The van der Waals surface area contributed by atoms with Gasteiger partial charge in [-0.15, -0.1) is 0 Å². The molecular formula is C18H28N2O3. The van der Waals surface area contributed by atoms with Crippen molar-refractivity contribution in [2.75, 3.05) is 53.6 Å². The van der Waals surface area contributed by atoms with E-state index in [1.54, 1.807) is 4.90 Å². The van der Waals surface area contributed by atoms with Gasteiger partial charge in [-0.1, -0.05) is 18.2 Å². The second-order valence-electron chi connectivity index (χ2n) is 6.12. The van der Waals surface area contributed by atoms with Gasteiger partial charge in [-0.3, -0.25) is 4.79 Å². The third kappa shape index (κ3) is 6.20. The van der Waals surface area contributed by atoms with E-state index in [2.05, 4.69) is 4.90 Å². The van der Waals surface area contributed by atoms with Crippen LogP contribution in [0.25, 0.3) is 0 Å². The molecule has 1 saturated heterocycles. The zero-order valence-corrected chi connectivity index (χ0v) is 14.2. The van der Waals surface area contributed by atoms with Crippen LogP contribution in [0.1, 0.15) is 12.8 Å². The van der Waals surface area contributed by atoms with E-state index >= 15 is 0 Å². The van der Waals surface area contributed by atoms with Crippen molar-refractivity contribution < 1.29 is 14.3 Å². The van der Waals surface area contributed by atoms with Gasteiger partial charge in [0, 0.05) is 26.6 Å². The number of amides is 1. The third-order valence-corrected chi connectivity index (χ3v) is 4.17. The number of ether oxygens (including phenoxy) is 2. The highest BCUT2D eigenvalue weighted by atomic mass is 16.5. The summed E-state index contributed by atoms with van der Waals surface area (Å²) in [7, 11) is 3.67. The van der Waals surface area contributed by atoms with Crippen molar-refractivity contribution in [2.24, 2.45) is 5.92 Å². The van der Waals surface area contributed by atoms with Crippen molar-refractivity contribution in [1.29, 1.82) is 0 Å². The lowest BCUT2D eigenvalue weighted by Gasteiger charge is -2.32. The van der Waals surface area contributed by atoms with E-state index in [4.69, 9.17) is 9.47 Å². The summed E-state index contributed by atoms with van der Waals surface area (Å²) in [6.07, 6.45) is 1.91. The number of nitrogens with zero attached hydrogens (tertiary/aromatic N) is 2. The topological polar surface area (TPSA) is 42.0 Å². The van der Waals surface area contributed by atoms with Crippen LogP contribution in [0.5, 0.6) is 5.75 Å². The normalized spacial score (nSPS) is 16.3. The Labute approximate surface area is 139 Å². The van der Waals surface area contributed by atoms with Gasteiger partial charge >= 0.3 is 0 Å². The van der Waals surface area contributed by atoms with Crippen LogP contribution in [0, 0.1) is 5.92 Å². The smallest absolute Gasteiger partial charge is 0.225 e. The molecule has 23 heavy (non-hydrogen) atoms. The van der Waals surface area contributed by atoms with Gasteiger partial charge in [0.1, 0.15) is 12.4 Å². The first-order valence-electron chi connectivity index (χ1n) is 8.36. The molecule has 0 unspecified atom stereocenters. The number of rotatable bonds is 8. The van der Waals surface area contributed by atoms with Crippen LogP contribution in [0.3, 0.4) is 0 Å². The molecule has 1 aromatic carbocycles. The summed E-state index contributed by atoms with van der Waals surface area (Å²) in [4.78, 5) is 16.0. The van der Waals surface area contributed by atoms with Crippen molar-refractivity contribution in [3.05, 3.63) is 30.3 Å². The van der Waals surface area contributed by atoms with Crippen LogP contribution in [0.4, 0.5) is 0 Å². The molecule has 0 spiro atoms. The Kier molecular flexibility index (Phi) is 7.36. The number of hydrogen-bond donors (Lipinski definition) is 0. The summed E-state index contributed by atoms with van der Waals surface area (Å²) in [5, 5.41) is 0. The Bertz CT molecular complexity index is 457. The zero-order valence-electron chi connectivity index (χ0n) is 14.2. The average Bonchev–Trinajstić information content (AvgIpc) is 2.58. The van der Waals surface area contributed by atoms with Crippen LogP contribution in [-0.2, 0) is 9.53 Å². The standard InChI is InChI=1S/C18H28N2O3/c1-19(2)18(21)16-8-10-20(11-9-16)12-13-22-14-15-23-17-6-4-3-5-7-17/h3-7,16H,8-15H2,1-2H3. The largest absolute Gasteiger partial charge is 0.491 e. The van der Waals surface area contributed by atoms with Crippen molar-refractivity contribution in [1.82, 2.24) is 9.80 Å². The molecule has 5 nitrogen and oxygen atoms in total. The van der Waals surface area contributed by atoms with Crippen molar-refractivity contribution >= 4 is 5.91 Å². The highest BCUT2D eigenvalue weighted by Crippen LogP contribution is 2.18. The second-order valence-corrected chi connectivity index (χ2v) is 6.12. The predicted octanol–water partition coefficient (Wildman–Crippen LogP) is 1.88. The number of carbonyl (C=O) groups excluding carboxylic acids is 1. The molecule has 0 bridgehead atoms. The summed E-state index contributed by atoms with van der Waals surface area (Å²) in [5.74, 6) is 1.34. The fourth-order valence-corrected chi connectivity index (χ4v) is 2.80. The molecule has 0 aromatic heterocycles. The Morgan fingerprint density at radius 3 is 2.48 bits per heavy atom. The number of carbonyl (C=O) groups is 1. The molecule has 1 aliphatic rings. The van der Waals surface area contributed by atoms with Crippen LogP contribution in [-0.4, -0.2) is 69.3 Å². The molecule has 0 atom stereocenters. The number of para-hydroxylation sites is 1. The minimum Gasteiger partial charge on any atom is -0.491 e. The van der Waals surface area contributed by atoms with E-state index in [0.717, 1.165) is 38.2 Å². The van der Waals surface area contributed by atoms with E-state index < -0.39 is 0 Å². The van der Waals surface area contributed by atoms with E-state index in [1.807, 2.05) is 44.4 Å². The average molecular weight is 320 g/mol. The molecule has 128 valence electrons. The quantitative estimate of drug-likeness (QED) is 0.686. The lowest BCUT2D eigenvalue weighted by molar-refractivity contribution is -0.134. The molecule has 0 saturated carbocycles. The van der Waals surface area contributed by atoms with Gasteiger partial charge in [0.25, 0.3) is 0 Å².